The van der Waals surface area contributed by atoms with Crippen LogP contribution < -0.4 is 5.32 Å². The van der Waals surface area contributed by atoms with E-state index < -0.39 is 29.5 Å². The molecule has 11 heteroatoms. The topological polar surface area (TPSA) is 101 Å². The molecule has 1 aromatic heterocycles. The van der Waals surface area contributed by atoms with Gasteiger partial charge in [-0.15, -0.1) is 22.0 Å². The summed E-state index contributed by atoms with van der Waals surface area (Å²) >= 11 is 4.38. The molecule has 0 bridgehead atoms. The van der Waals surface area contributed by atoms with E-state index in [0.717, 1.165) is 31.6 Å². The van der Waals surface area contributed by atoms with Crippen LogP contribution in [0.25, 0.3) is 0 Å². The molecule has 43 heavy (non-hydrogen) atoms. The minimum atomic E-state index is -0.933. The number of thioether (sulfide) groups is 2. The molecular weight excluding hydrogens is 601 g/mol. The smallest absolute Gasteiger partial charge is 0.334 e. The quantitative estimate of drug-likeness (QED) is 0.146. The Bertz CT molecular complexity index is 1590. The second-order valence-electron chi connectivity index (χ2n) is 10.1. The van der Waals surface area contributed by atoms with Crippen LogP contribution in [0.3, 0.4) is 0 Å². The van der Waals surface area contributed by atoms with Crippen LogP contribution in [-0.4, -0.2) is 56.1 Å². The number of carbonyl (C=O) groups is 3. The van der Waals surface area contributed by atoms with E-state index in [9.17, 15) is 14.4 Å². The predicted octanol–water partition coefficient (Wildman–Crippen LogP) is 5.17. The molecule has 3 heterocycles. The number of carbonyl (C=O) groups excluding carboxylic acids is 3. The lowest BCUT2D eigenvalue weighted by molar-refractivity contribution is -0.165. The number of ether oxygens (including phenoxy) is 1. The SMILES string of the molecule is Cc1nnc(SCC2=CS[C@@H]3[C@H](NC(=O)Cc4ccccc4)C(=O)N3[C@H]2C(=O)OC(c2ccccc2)c2ccccc2)s1. The molecule has 2 amide bonds. The summed E-state index contributed by atoms with van der Waals surface area (Å²) in [6.45, 7) is 1.89. The fraction of sp³-hybridized carbons (Fsp3) is 0.219. The lowest BCUT2D eigenvalue weighted by Gasteiger charge is -2.51. The molecule has 0 saturated carbocycles. The lowest BCUT2D eigenvalue weighted by Crippen LogP contribution is -2.74. The molecule has 3 aromatic carbocycles. The van der Waals surface area contributed by atoms with Gasteiger partial charge < -0.3 is 15.0 Å². The molecule has 2 aliphatic heterocycles. The van der Waals surface area contributed by atoms with Crippen molar-refractivity contribution in [3.63, 3.8) is 0 Å². The predicted molar refractivity (Wildman–Crippen MR) is 168 cm³/mol. The fourth-order valence-corrected chi connectivity index (χ4v) is 8.22. The summed E-state index contributed by atoms with van der Waals surface area (Å²) in [7, 11) is 0. The third kappa shape index (κ3) is 6.53. The number of nitrogens with zero attached hydrogens (tertiary/aromatic N) is 3. The Morgan fingerprint density at radius 2 is 1.58 bits per heavy atom. The molecule has 0 unspecified atom stereocenters. The van der Waals surface area contributed by atoms with Crippen LogP contribution >= 0.6 is 34.9 Å². The molecule has 1 saturated heterocycles. The molecule has 6 rings (SSSR count). The summed E-state index contributed by atoms with van der Waals surface area (Å²) in [4.78, 5) is 42.1. The molecule has 3 atom stereocenters. The fourth-order valence-electron chi connectivity index (χ4n) is 5.07. The average molecular weight is 629 g/mol. The number of benzene rings is 3. The van der Waals surface area contributed by atoms with Crippen molar-refractivity contribution in [1.82, 2.24) is 20.4 Å². The number of β-lactam (4-membered cyclic amide) rings is 1. The Hall–Kier alpha value is -3.93. The molecule has 4 aromatic rings. The molecule has 1 N–H and O–H groups in total. The first-order valence-electron chi connectivity index (χ1n) is 13.7. The highest BCUT2D eigenvalue weighted by Crippen LogP contribution is 2.42. The van der Waals surface area contributed by atoms with Crippen molar-refractivity contribution in [1.29, 1.82) is 0 Å². The van der Waals surface area contributed by atoms with Gasteiger partial charge in [0, 0.05) is 5.75 Å². The molecule has 8 nitrogen and oxygen atoms in total. The number of aryl methyl sites for hydroxylation is 1. The van der Waals surface area contributed by atoms with E-state index in [-0.39, 0.29) is 18.2 Å². The van der Waals surface area contributed by atoms with Gasteiger partial charge in [-0.1, -0.05) is 114 Å². The highest BCUT2D eigenvalue weighted by molar-refractivity contribution is 8.03. The minimum absolute atomic E-state index is 0.169. The first kappa shape index (κ1) is 29.2. The van der Waals surface area contributed by atoms with Crippen molar-refractivity contribution in [2.75, 3.05) is 5.75 Å². The summed E-state index contributed by atoms with van der Waals surface area (Å²) in [5, 5.41) is 13.5. The number of rotatable bonds is 10. The van der Waals surface area contributed by atoms with Crippen molar-refractivity contribution < 1.29 is 19.1 Å². The number of aromatic nitrogens is 2. The summed E-state index contributed by atoms with van der Waals surface area (Å²) in [5.74, 6) is -0.636. The van der Waals surface area contributed by atoms with E-state index >= 15 is 0 Å². The van der Waals surface area contributed by atoms with Gasteiger partial charge in [0.1, 0.15) is 16.4 Å². The number of hydrogen-bond acceptors (Lipinski definition) is 9. The zero-order valence-electron chi connectivity index (χ0n) is 23.2. The number of amides is 2. The van der Waals surface area contributed by atoms with Crippen molar-refractivity contribution in [2.24, 2.45) is 0 Å². The summed E-state index contributed by atoms with van der Waals surface area (Å²) in [5.41, 5.74) is 3.26. The highest BCUT2D eigenvalue weighted by atomic mass is 32.2. The Kier molecular flexibility index (Phi) is 8.92. The van der Waals surface area contributed by atoms with Gasteiger partial charge in [-0.05, 0) is 34.6 Å². The molecule has 218 valence electrons. The monoisotopic (exact) mass is 628 g/mol. The Morgan fingerprint density at radius 3 is 2.19 bits per heavy atom. The van der Waals surface area contributed by atoms with Crippen LogP contribution in [0.2, 0.25) is 0 Å². The van der Waals surface area contributed by atoms with Crippen LogP contribution in [0.1, 0.15) is 27.8 Å². The zero-order chi connectivity index (χ0) is 29.8. The molecule has 0 aliphatic carbocycles. The van der Waals surface area contributed by atoms with Crippen molar-refractivity contribution in [3.05, 3.63) is 124 Å². The minimum Gasteiger partial charge on any atom is -0.451 e. The zero-order valence-corrected chi connectivity index (χ0v) is 25.6. The van der Waals surface area contributed by atoms with E-state index in [2.05, 4.69) is 15.5 Å². The van der Waals surface area contributed by atoms with Crippen molar-refractivity contribution in [2.45, 2.75) is 41.2 Å². The highest BCUT2D eigenvalue weighted by Gasteiger charge is 2.56. The van der Waals surface area contributed by atoms with E-state index in [4.69, 9.17) is 4.74 Å². The second kappa shape index (κ2) is 13.2. The third-order valence-corrected chi connectivity index (χ3v) is 10.4. The van der Waals surface area contributed by atoms with Gasteiger partial charge in [0.05, 0.1) is 6.42 Å². The molecule has 2 aliphatic rings. The number of esters is 1. The summed E-state index contributed by atoms with van der Waals surface area (Å²) in [6, 6.07) is 26.8. The molecule has 0 radical (unpaired) electrons. The summed E-state index contributed by atoms with van der Waals surface area (Å²) < 4.78 is 7.02. The largest absolute Gasteiger partial charge is 0.451 e. The van der Waals surface area contributed by atoms with E-state index in [1.807, 2.05) is 103 Å². The summed E-state index contributed by atoms with van der Waals surface area (Å²) in [6.07, 6.45) is -0.483. The maximum Gasteiger partial charge on any atom is 0.334 e. The van der Waals surface area contributed by atoms with Gasteiger partial charge in [0.25, 0.3) is 0 Å². The van der Waals surface area contributed by atoms with Crippen molar-refractivity contribution >= 4 is 52.6 Å². The maximum atomic E-state index is 14.1. The van der Waals surface area contributed by atoms with Gasteiger partial charge in [0.2, 0.25) is 11.8 Å². The Balaban J connectivity index is 1.24. The molecule has 1 fully saturated rings. The number of nitrogens with one attached hydrogen (secondary N) is 1. The normalized spacial score (nSPS) is 19.3. The average Bonchev–Trinajstić information content (AvgIpc) is 3.47. The van der Waals surface area contributed by atoms with Crippen LogP contribution in [0.4, 0.5) is 0 Å². The molecule has 0 spiro atoms. The Morgan fingerprint density at radius 1 is 0.953 bits per heavy atom. The second-order valence-corrected chi connectivity index (χ2v) is 13.5. The van der Waals surface area contributed by atoms with E-state index in [1.54, 1.807) is 4.90 Å². The van der Waals surface area contributed by atoms with Crippen LogP contribution in [0.5, 0.6) is 0 Å². The lowest BCUT2D eigenvalue weighted by atomic mass is 9.97. The van der Waals surface area contributed by atoms with Crippen LogP contribution in [0, 0.1) is 6.92 Å². The van der Waals surface area contributed by atoms with E-state index in [0.29, 0.717) is 5.75 Å². The first-order chi connectivity index (χ1) is 21.0. The van der Waals surface area contributed by atoms with Gasteiger partial charge in [0.15, 0.2) is 16.5 Å². The standard InChI is InChI=1S/C32H28N4O4S3/c1-20-34-35-32(43-20)42-19-24-18-41-30-26(33-25(37)17-21-11-5-2-6-12-21)29(38)36(30)27(24)31(39)40-28(22-13-7-3-8-14-22)23-15-9-4-10-16-23/h2-16,18,26-28,30H,17,19H2,1H3,(H,33,37)/t26-,27-,30-/m1/s1. The first-order valence-corrected chi connectivity index (χ1v) is 16.5. The number of fused-ring (bicyclic) bond motifs is 1. The van der Waals surface area contributed by atoms with Gasteiger partial charge >= 0.3 is 5.97 Å². The van der Waals surface area contributed by atoms with Crippen LogP contribution in [-0.2, 0) is 25.5 Å². The van der Waals surface area contributed by atoms with E-state index in [1.165, 1.54) is 34.9 Å². The van der Waals surface area contributed by atoms with Gasteiger partial charge in [-0.2, -0.15) is 0 Å². The molecular formula is C32H28N4O4S3. The van der Waals surface area contributed by atoms with Crippen LogP contribution in [0.15, 0.2) is 106 Å². The Labute approximate surface area is 261 Å². The van der Waals surface area contributed by atoms with Gasteiger partial charge in [-0.25, -0.2) is 4.79 Å². The van der Waals surface area contributed by atoms with Gasteiger partial charge in [-0.3, -0.25) is 9.59 Å². The van der Waals surface area contributed by atoms with Crippen molar-refractivity contribution in [3.8, 4) is 0 Å². The number of hydrogen-bond donors (Lipinski definition) is 1. The third-order valence-electron chi connectivity index (χ3n) is 7.12. The maximum absolute atomic E-state index is 14.1.